The van der Waals surface area contributed by atoms with Crippen LogP contribution in [0.1, 0.15) is 66.2 Å². The molecule has 2 N–H and O–H groups in total. The Bertz CT molecular complexity index is 1150. The third-order valence-corrected chi connectivity index (χ3v) is 11.0. The molecule has 1 spiro atoms. The molecule has 0 aromatic rings. The highest BCUT2D eigenvalue weighted by Crippen LogP contribution is 2.72. The average molecular weight is 483 g/mol. The number of hydrogen-bond donors (Lipinski definition) is 2. The van der Waals surface area contributed by atoms with E-state index in [2.05, 4.69) is 0 Å². The number of ether oxygens (including phenoxy) is 2. The zero-order valence-corrected chi connectivity index (χ0v) is 20.8. The van der Waals surface area contributed by atoms with Crippen LogP contribution < -0.4 is 0 Å². The predicted octanol–water partition coefficient (Wildman–Crippen LogP) is 2.94. The van der Waals surface area contributed by atoms with Crippen LogP contribution in [0.15, 0.2) is 34.9 Å². The minimum atomic E-state index is -1.40. The van der Waals surface area contributed by atoms with Crippen LogP contribution in [0.5, 0.6) is 0 Å². The zero-order chi connectivity index (χ0) is 25.1. The fourth-order valence-electron chi connectivity index (χ4n) is 8.99. The second kappa shape index (κ2) is 6.94. The van der Waals surface area contributed by atoms with E-state index >= 15 is 0 Å². The fraction of sp³-hybridized carbons (Fsp3) is 0.679. The van der Waals surface area contributed by atoms with Gasteiger partial charge in [0.25, 0.3) is 0 Å². The molecule has 2 heterocycles. The second-order valence-corrected chi connectivity index (χ2v) is 12.1. The van der Waals surface area contributed by atoms with Gasteiger partial charge < -0.3 is 19.7 Å². The second-order valence-electron chi connectivity index (χ2n) is 12.1. The predicted molar refractivity (Wildman–Crippen MR) is 125 cm³/mol. The smallest absolute Gasteiger partial charge is 0.334 e. The van der Waals surface area contributed by atoms with E-state index in [1.54, 1.807) is 19.1 Å². The Hall–Kier alpha value is -2.25. The summed E-state index contributed by atoms with van der Waals surface area (Å²) < 4.78 is 11.9. The van der Waals surface area contributed by atoms with Crippen LogP contribution in [0, 0.1) is 28.6 Å². The molecule has 7 heteroatoms. The Kier molecular flexibility index (Phi) is 4.60. The molecule has 0 aromatic heterocycles. The molecule has 0 radical (unpaired) electrons. The van der Waals surface area contributed by atoms with Gasteiger partial charge in [-0.2, -0.15) is 0 Å². The molecule has 0 bridgehead atoms. The largest absolute Gasteiger partial charge is 0.455 e. The Morgan fingerprint density at radius 1 is 1.06 bits per heavy atom. The monoisotopic (exact) mass is 482 g/mol. The first-order valence-corrected chi connectivity index (χ1v) is 12.9. The lowest BCUT2D eigenvalue weighted by Gasteiger charge is -2.60. The van der Waals surface area contributed by atoms with Crippen molar-refractivity contribution >= 4 is 17.7 Å². The fourth-order valence-corrected chi connectivity index (χ4v) is 8.99. The first-order chi connectivity index (χ1) is 16.4. The topological polar surface area (TPSA) is 110 Å². The molecule has 9 atom stereocenters. The maximum Gasteiger partial charge on any atom is 0.334 e. The van der Waals surface area contributed by atoms with Gasteiger partial charge in [0.2, 0.25) is 0 Å². The Morgan fingerprint density at radius 3 is 2.51 bits per heavy atom. The first kappa shape index (κ1) is 23.2. The highest BCUT2D eigenvalue weighted by molar-refractivity contribution is 5.99. The molecule has 9 unspecified atom stereocenters. The third-order valence-electron chi connectivity index (χ3n) is 11.0. The van der Waals surface area contributed by atoms with Crippen molar-refractivity contribution in [1.82, 2.24) is 0 Å². The van der Waals surface area contributed by atoms with Crippen LogP contribution >= 0.6 is 0 Å². The van der Waals surface area contributed by atoms with E-state index < -0.39 is 46.1 Å². The van der Waals surface area contributed by atoms with Crippen LogP contribution in [-0.4, -0.2) is 51.3 Å². The Balaban J connectivity index is 1.41. The number of allylic oxidation sites excluding steroid dienone is 3. The number of aliphatic hydroxyl groups is 2. The minimum Gasteiger partial charge on any atom is -0.455 e. The van der Waals surface area contributed by atoms with E-state index in [4.69, 9.17) is 9.47 Å². The molecule has 4 aliphatic carbocycles. The summed E-state index contributed by atoms with van der Waals surface area (Å²) in [4.78, 5) is 39.5. The highest BCUT2D eigenvalue weighted by atomic mass is 16.6. The van der Waals surface area contributed by atoms with Gasteiger partial charge >= 0.3 is 11.9 Å². The Morgan fingerprint density at radius 2 is 1.80 bits per heavy atom. The number of aliphatic hydroxyl groups excluding tert-OH is 1. The summed E-state index contributed by atoms with van der Waals surface area (Å²) in [5.41, 5.74) is -2.24. The number of hydrogen-bond acceptors (Lipinski definition) is 7. The van der Waals surface area contributed by atoms with Crippen molar-refractivity contribution in [2.45, 2.75) is 89.6 Å². The highest BCUT2D eigenvalue weighted by Gasteiger charge is 2.80. The summed E-state index contributed by atoms with van der Waals surface area (Å²) in [6.45, 7) is 7.38. The van der Waals surface area contributed by atoms with E-state index in [0.29, 0.717) is 49.7 Å². The van der Waals surface area contributed by atoms with Crippen LogP contribution in [0.4, 0.5) is 0 Å². The van der Waals surface area contributed by atoms with Crippen molar-refractivity contribution in [2.24, 2.45) is 28.6 Å². The number of cyclic esters (lactones) is 2. The van der Waals surface area contributed by atoms with Gasteiger partial charge in [0.05, 0.1) is 17.1 Å². The van der Waals surface area contributed by atoms with Gasteiger partial charge in [-0.1, -0.05) is 17.7 Å². The van der Waals surface area contributed by atoms with Crippen LogP contribution in [0.25, 0.3) is 0 Å². The number of carbonyl (C=O) groups is 3. The summed E-state index contributed by atoms with van der Waals surface area (Å²) in [6, 6.07) is 0. The molecule has 6 aliphatic rings. The lowest BCUT2D eigenvalue weighted by atomic mass is 9.44. The van der Waals surface area contributed by atoms with Crippen LogP contribution in [-0.2, 0) is 23.9 Å². The normalized spacial score (nSPS) is 50.6. The lowest BCUT2D eigenvalue weighted by Crippen LogP contribution is -2.66. The van der Waals surface area contributed by atoms with Crippen molar-refractivity contribution in [3.8, 4) is 0 Å². The van der Waals surface area contributed by atoms with Gasteiger partial charge in [0, 0.05) is 17.9 Å². The standard InChI is InChI=1S/C28H34O7/c1-14-12-22(34-23(31)15(14)2)26(4)20-9-11-28(33)18-13-19(29)17-6-5-7-21(30)25(17,3)16(18)8-10-27(20,28)24(32)35-26/h5-7,16,18-20,22,29,33H,8-13H2,1-4H3. The van der Waals surface area contributed by atoms with Crippen molar-refractivity contribution in [1.29, 1.82) is 0 Å². The summed E-state index contributed by atoms with van der Waals surface area (Å²) >= 11 is 0. The van der Waals surface area contributed by atoms with Crippen molar-refractivity contribution in [3.05, 3.63) is 34.9 Å². The zero-order valence-electron chi connectivity index (χ0n) is 20.8. The van der Waals surface area contributed by atoms with Gasteiger partial charge in [-0.15, -0.1) is 0 Å². The molecule has 0 amide bonds. The summed E-state index contributed by atoms with van der Waals surface area (Å²) in [6.07, 6.45) is 6.36. The quantitative estimate of drug-likeness (QED) is 0.553. The molecular weight excluding hydrogens is 448 g/mol. The molecule has 6 rings (SSSR count). The molecule has 4 fully saturated rings. The molecule has 2 aliphatic heterocycles. The van der Waals surface area contributed by atoms with Crippen LogP contribution in [0.3, 0.4) is 0 Å². The molecule has 7 nitrogen and oxygen atoms in total. The number of rotatable bonds is 1. The number of ketones is 1. The van der Waals surface area contributed by atoms with Gasteiger partial charge in [-0.25, -0.2) is 4.79 Å². The Labute approximate surface area is 205 Å². The molecule has 188 valence electrons. The van der Waals surface area contributed by atoms with E-state index in [9.17, 15) is 24.6 Å². The molecule has 35 heavy (non-hydrogen) atoms. The minimum absolute atomic E-state index is 0.0524. The molecular formula is C28H34O7. The van der Waals surface area contributed by atoms with E-state index in [-0.39, 0.29) is 23.6 Å². The molecule has 0 aromatic carbocycles. The maximum atomic E-state index is 13.8. The van der Waals surface area contributed by atoms with Gasteiger partial charge in [0.15, 0.2) is 11.4 Å². The maximum absolute atomic E-state index is 13.8. The van der Waals surface area contributed by atoms with Gasteiger partial charge in [-0.3, -0.25) is 9.59 Å². The van der Waals surface area contributed by atoms with E-state index in [1.165, 1.54) is 0 Å². The van der Waals surface area contributed by atoms with Crippen LogP contribution in [0.2, 0.25) is 0 Å². The van der Waals surface area contributed by atoms with Gasteiger partial charge in [0.1, 0.15) is 11.5 Å². The molecule has 3 saturated carbocycles. The summed E-state index contributed by atoms with van der Waals surface area (Å²) in [5, 5.41) is 23.6. The van der Waals surface area contributed by atoms with Gasteiger partial charge in [-0.05, 0) is 83.3 Å². The summed E-state index contributed by atoms with van der Waals surface area (Å²) in [5.74, 6) is -1.78. The van der Waals surface area contributed by atoms with Crippen molar-refractivity contribution in [2.75, 3.05) is 0 Å². The third kappa shape index (κ3) is 2.51. The number of carbonyl (C=O) groups excluding carboxylic acids is 3. The average Bonchev–Trinajstić information content (AvgIpc) is 3.24. The first-order valence-electron chi connectivity index (χ1n) is 12.9. The molecule has 1 saturated heterocycles. The number of fused-ring (bicyclic) bond motifs is 4. The summed E-state index contributed by atoms with van der Waals surface area (Å²) in [7, 11) is 0. The SMILES string of the molecule is CC1=C(C)C(=O)OC(C2(C)OC(=O)C34CCC5C(CC(O)C6=CC=CC(=O)C65C)C3(O)CCC24)C1. The van der Waals surface area contributed by atoms with Crippen molar-refractivity contribution < 1.29 is 34.1 Å². The lowest BCUT2D eigenvalue weighted by molar-refractivity contribution is -0.201. The van der Waals surface area contributed by atoms with E-state index in [1.807, 2.05) is 26.8 Å². The van der Waals surface area contributed by atoms with E-state index in [0.717, 1.165) is 5.57 Å². The van der Waals surface area contributed by atoms with Crippen molar-refractivity contribution in [3.63, 3.8) is 0 Å². The number of esters is 2.